The number of hydrogen-bond donors (Lipinski definition) is 4. The number of carbonyl (C=O) groups excluding carboxylic acids is 1. The van der Waals surface area contributed by atoms with Crippen molar-refractivity contribution in [1.29, 1.82) is 0 Å². The SMILES string of the molecule is CC.CCC1C=CCCCC#CC1.COc1ccc(C(=O)NCC(C)O)cc1NCC#Cc1cc2c(N)nccn2c1[Se](F)F. The summed E-state index contributed by atoms with van der Waals surface area (Å²) >= 11 is -4.03. The molecule has 5 N–H and O–H groups in total. The van der Waals surface area contributed by atoms with Crippen LogP contribution in [0.5, 0.6) is 5.75 Å². The number of nitrogen functional groups attached to an aromatic ring is 1. The molecule has 2 unspecified atom stereocenters. The molecule has 4 rings (SSSR count). The van der Waals surface area contributed by atoms with Crippen LogP contribution >= 0.6 is 0 Å². The van der Waals surface area contributed by atoms with Crippen LogP contribution in [-0.2, 0) is 0 Å². The molecule has 0 saturated carbocycles. The van der Waals surface area contributed by atoms with E-state index in [4.69, 9.17) is 10.5 Å². The number of aliphatic hydroxyl groups excluding tert-OH is 1. The third-order valence-electron chi connectivity index (χ3n) is 6.53. The molecule has 45 heavy (non-hydrogen) atoms. The van der Waals surface area contributed by atoms with Gasteiger partial charge in [-0.1, -0.05) is 32.9 Å². The van der Waals surface area contributed by atoms with E-state index in [1.54, 1.807) is 25.1 Å². The quantitative estimate of drug-likeness (QED) is 0.145. The summed E-state index contributed by atoms with van der Waals surface area (Å²) in [5.41, 5.74) is 7.28. The predicted molar refractivity (Wildman–Crippen MR) is 180 cm³/mol. The molecule has 11 heteroatoms. The molecule has 0 aliphatic heterocycles. The Hall–Kier alpha value is -4.02. The fourth-order valence-corrected chi connectivity index (χ4v) is 5.42. The zero-order chi connectivity index (χ0) is 33.2. The zero-order valence-corrected chi connectivity index (χ0v) is 28.3. The molecule has 243 valence electrons. The van der Waals surface area contributed by atoms with Crippen molar-refractivity contribution in [2.75, 3.05) is 31.2 Å². The van der Waals surface area contributed by atoms with Crippen molar-refractivity contribution in [3.05, 3.63) is 59.9 Å². The van der Waals surface area contributed by atoms with Crippen molar-refractivity contribution in [3.63, 3.8) is 0 Å². The van der Waals surface area contributed by atoms with Gasteiger partial charge in [-0.2, -0.15) is 0 Å². The first-order valence-electron chi connectivity index (χ1n) is 15.1. The third kappa shape index (κ3) is 11.8. The number of allylic oxidation sites excluding steroid dienone is 2. The maximum atomic E-state index is 13.7. The molecule has 3 aromatic rings. The molecule has 1 radical (unpaired) electrons. The standard InChI is InChI=1S/C21H22F2N5O3Se.C11H16.C2H6/c1-13(29)12-27-20(30)14-5-6-18(31-2)16(10-14)25-7-3-4-15-11-17-19(24)26-8-9-28(17)21(15)32(22)23;1-2-11-9-7-5-3-4-6-8-10-11;1-2/h5-6,8-11,13,25,29H,7,12H2,1-2H3,(H2,24,26)(H,27,30);7,9,11H,2-5,10H2,1H3;1-2H3. The summed E-state index contributed by atoms with van der Waals surface area (Å²) < 4.78 is 33.9. The molecule has 0 bridgehead atoms. The van der Waals surface area contributed by atoms with Crippen LogP contribution < -0.4 is 25.7 Å². The fraction of sp³-hybridized carbons (Fsp3) is 0.412. The molecule has 0 fully saturated rings. The Morgan fingerprint density at radius 2 is 2.09 bits per heavy atom. The average molecular weight is 688 g/mol. The number of halogens is 2. The van der Waals surface area contributed by atoms with Crippen LogP contribution in [0.15, 0.2) is 48.8 Å². The number of amides is 1. The average Bonchev–Trinajstić information content (AvgIpc) is 3.48. The van der Waals surface area contributed by atoms with Gasteiger partial charge in [0.1, 0.15) is 0 Å². The van der Waals surface area contributed by atoms with E-state index in [1.165, 1.54) is 49.2 Å². The van der Waals surface area contributed by atoms with Crippen LogP contribution in [0.25, 0.3) is 5.52 Å². The molecular formula is C34H44F2N5O3Se. The van der Waals surface area contributed by atoms with Crippen LogP contribution in [-0.4, -0.2) is 61.5 Å². The molecule has 0 spiro atoms. The van der Waals surface area contributed by atoms with Gasteiger partial charge in [0, 0.05) is 12.8 Å². The van der Waals surface area contributed by atoms with Crippen LogP contribution in [0.2, 0.25) is 0 Å². The molecule has 2 aromatic heterocycles. The normalized spacial score (nSPS) is 14.4. The summed E-state index contributed by atoms with van der Waals surface area (Å²) in [6, 6.07) is 6.32. The minimum absolute atomic E-state index is 0.123. The number of rotatable bonds is 8. The number of hydrogen-bond acceptors (Lipinski definition) is 6. The van der Waals surface area contributed by atoms with Gasteiger partial charge >= 0.3 is 170 Å². The zero-order valence-electron chi connectivity index (χ0n) is 26.6. The number of ether oxygens (including phenoxy) is 1. The van der Waals surface area contributed by atoms with E-state index >= 15 is 0 Å². The van der Waals surface area contributed by atoms with Crippen molar-refractivity contribution < 1.29 is 21.7 Å². The molecular weight excluding hydrogens is 643 g/mol. The molecule has 2 heterocycles. The van der Waals surface area contributed by atoms with E-state index in [0.717, 1.165) is 12.8 Å². The Labute approximate surface area is 270 Å². The van der Waals surface area contributed by atoms with Crippen LogP contribution in [0.3, 0.4) is 0 Å². The number of nitrogens with two attached hydrogens (primary N) is 1. The summed E-state index contributed by atoms with van der Waals surface area (Å²) in [7, 11) is 1.49. The molecule has 1 aromatic carbocycles. The van der Waals surface area contributed by atoms with Crippen molar-refractivity contribution in [2.24, 2.45) is 5.92 Å². The number of nitrogens with zero attached hydrogens (tertiary/aromatic N) is 2. The first kappa shape index (κ1) is 37.2. The second-order valence-electron chi connectivity index (χ2n) is 9.82. The number of carbonyl (C=O) groups is 1. The summed E-state index contributed by atoms with van der Waals surface area (Å²) in [5, 5.41) is 15.0. The summed E-state index contributed by atoms with van der Waals surface area (Å²) in [4.78, 5) is 16.2. The Morgan fingerprint density at radius 1 is 1.31 bits per heavy atom. The first-order chi connectivity index (χ1) is 21.7. The minimum atomic E-state index is -4.03. The number of benzene rings is 1. The number of aliphatic hydroxyl groups is 1. The van der Waals surface area contributed by atoms with E-state index in [9.17, 15) is 17.0 Å². The molecule has 1 amide bonds. The third-order valence-corrected chi connectivity index (χ3v) is 8.02. The number of nitrogens with one attached hydrogen (secondary N) is 2. The molecule has 8 nitrogen and oxygen atoms in total. The first-order valence-corrected chi connectivity index (χ1v) is 17.2. The van der Waals surface area contributed by atoms with Gasteiger partial charge in [0.2, 0.25) is 0 Å². The second kappa shape index (κ2) is 20.1. The maximum absolute atomic E-state index is 13.7. The molecule has 0 saturated heterocycles. The van der Waals surface area contributed by atoms with E-state index in [-0.39, 0.29) is 35.0 Å². The van der Waals surface area contributed by atoms with E-state index < -0.39 is 20.9 Å². The van der Waals surface area contributed by atoms with E-state index in [0.29, 0.717) is 28.4 Å². The molecule has 1 aliphatic carbocycles. The monoisotopic (exact) mass is 688 g/mol. The number of aromatic nitrogens is 2. The van der Waals surface area contributed by atoms with Crippen LogP contribution in [0, 0.1) is 29.6 Å². The van der Waals surface area contributed by atoms with Gasteiger partial charge in [0.25, 0.3) is 0 Å². The topological polar surface area (TPSA) is 114 Å². The fourth-order valence-electron chi connectivity index (χ4n) is 4.19. The summed E-state index contributed by atoms with van der Waals surface area (Å²) in [5.74, 6) is 13.0. The Kier molecular flexibility index (Phi) is 16.6. The van der Waals surface area contributed by atoms with Crippen LogP contribution in [0.1, 0.15) is 75.7 Å². The van der Waals surface area contributed by atoms with Gasteiger partial charge in [-0.3, -0.25) is 0 Å². The number of anilines is 2. The Balaban J connectivity index is 0.000000454. The Bertz CT molecular complexity index is 1530. The summed E-state index contributed by atoms with van der Waals surface area (Å²) in [6.07, 6.45) is 12.6. The van der Waals surface area contributed by atoms with Crippen molar-refractivity contribution in [1.82, 2.24) is 14.7 Å². The van der Waals surface area contributed by atoms with Gasteiger partial charge in [-0.15, -0.1) is 11.8 Å². The molecule has 1 aliphatic rings. The van der Waals surface area contributed by atoms with Crippen molar-refractivity contribution in [2.45, 2.75) is 65.9 Å². The van der Waals surface area contributed by atoms with Crippen molar-refractivity contribution in [3.8, 4) is 29.4 Å². The molecule has 2 atom stereocenters. The number of methoxy groups -OCH3 is 1. The van der Waals surface area contributed by atoms with Gasteiger partial charge < -0.3 is 5.11 Å². The van der Waals surface area contributed by atoms with Gasteiger partial charge in [-0.05, 0) is 32.1 Å². The van der Waals surface area contributed by atoms with Gasteiger partial charge in [0.15, 0.2) is 0 Å². The Morgan fingerprint density at radius 3 is 2.78 bits per heavy atom. The van der Waals surface area contributed by atoms with Crippen molar-refractivity contribution >= 4 is 42.3 Å². The van der Waals surface area contributed by atoms with E-state index in [2.05, 4.69) is 58.4 Å². The van der Waals surface area contributed by atoms with Gasteiger partial charge in [0.05, 0.1) is 6.10 Å². The van der Waals surface area contributed by atoms with Crippen LogP contribution in [0.4, 0.5) is 18.6 Å². The predicted octanol–water partition coefficient (Wildman–Crippen LogP) is 5.31. The second-order valence-corrected chi connectivity index (χ2v) is 11.5. The summed E-state index contributed by atoms with van der Waals surface area (Å²) in [6.45, 7) is 8.05. The van der Waals surface area contributed by atoms with E-state index in [1.807, 2.05) is 13.8 Å². The van der Waals surface area contributed by atoms with Gasteiger partial charge in [-0.25, -0.2) is 0 Å². The number of fused-ring (bicyclic) bond motifs is 1.